The van der Waals surface area contributed by atoms with Crippen LogP contribution in [0.2, 0.25) is 0 Å². The van der Waals surface area contributed by atoms with E-state index in [1.54, 1.807) is 11.3 Å². The third kappa shape index (κ3) is 3.39. The monoisotopic (exact) mass is 216 g/mol. The molecule has 70 valence electrons. The molecule has 0 atom stereocenters. The largest absolute Gasteiger partial charge is 0.453 e. The lowest BCUT2D eigenvalue weighted by Gasteiger charge is -2.05. The topological polar surface area (TPSA) is 50.4 Å². The molecule has 1 heterocycles. The molecule has 13 heavy (non-hydrogen) atoms. The summed E-state index contributed by atoms with van der Waals surface area (Å²) in [5.74, 6) is 0. The average Bonchev–Trinajstić information content (AvgIpc) is 2.56. The Morgan fingerprint density at radius 3 is 3.00 bits per heavy atom. The summed E-state index contributed by atoms with van der Waals surface area (Å²) in [6.45, 7) is 0. The normalized spacial score (nSPS) is 9.00. The molecule has 4 nitrogen and oxygen atoms in total. The number of carbonyl (C=O) groups excluding carboxylic acids is 1. The summed E-state index contributed by atoms with van der Waals surface area (Å²) >= 11 is 6.37. The molecular formula is C7H8N2O2S2. The third-order valence-electron chi connectivity index (χ3n) is 1.18. The maximum absolute atomic E-state index is 10.7. The quantitative estimate of drug-likeness (QED) is 0.703. The number of alkyl carbamates (subject to hydrolysis) is 1. The molecule has 0 aliphatic heterocycles. The standard InChI is InChI=1S/C7H8N2O2S2/c1-11-7(10)9-6(12)8-5-2-3-13-4-5/h2-4H,1H3,(H2,8,9,10,12). The van der Waals surface area contributed by atoms with E-state index in [0.29, 0.717) is 0 Å². The van der Waals surface area contributed by atoms with Crippen LogP contribution in [0.25, 0.3) is 0 Å². The van der Waals surface area contributed by atoms with Crippen molar-refractivity contribution < 1.29 is 9.53 Å². The highest BCUT2D eigenvalue weighted by molar-refractivity contribution is 7.80. The van der Waals surface area contributed by atoms with Crippen molar-refractivity contribution in [3.8, 4) is 0 Å². The molecule has 0 aliphatic carbocycles. The second-order valence-electron chi connectivity index (χ2n) is 2.08. The Balaban J connectivity index is 2.38. The lowest BCUT2D eigenvalue weighted by Crippen LogP contribution is -2.33. The zero-order valence-corrected chi connectivity index (χ0v) is 8.50. The number of hydrogen-bond donors (Lipinski definition) is 2. The molecule has 1 amide bonds. The molecule has 0 fully saturated rings. The fraction of sp³-hybridized carbons (Fsp3) is 0.143. The van der Waals surface area contributed by atoms with Gasteiger partial charge in [0.05, 0.1) is 12.8 Å². The number of amides is 1. The van der Waals surface area contributed by atoms with Crippen molar-refractivity contribution in [3.63, 3.8) is 0 Å². The summed E-state index contributed by atoms with van der Waals surface area (Å²) in [6, 6.07) is 1.86. The van der Waals surface area contributed by atoms with Gasteiger partial charge in [-0.05, 0) is 23.7 Å². The first-order valence-corrected chi connectivity index (χ1v) is 4.75. The van der Waals surface area contributed by atoms with Crippen LogP contribution >= 0.6 is 23.6 Å². The second kappa shape index (κ2) is 4.78. The Morgan fingerprint density at radius 2 is 2.46 bits per heavy atom. The van der Waals surface area contributed by atoms with E-state index in [9.17, 15) is 4.79 Å². The molecule has 0 radical (unpaired) electrons. The van der Waals surface area contributed by atoms with E-state index in [-0.39, 0.29) is 5.11 Å². The van der Waals surface area contributed by atoms with Crippen LogP contribution in [0, 0.1) is 0 Å². The summed E-state index contributed by atoms with van der Waals surface area (Å²) < 4.78 is 4.37. The van der Waals surface area contributed by atoms with Gasteiger partial charge in [-0.15, -0.1) is 0 Å². The predicted molar refractivity (Wildman–Crippen MR) is 56.1 cm³/mol. The number of thiophene rings is 1. The Labute approximate surface area is 84.9 Å². The Morgan fingerprint density at radius 1 is 1.69 bits per heavy atom. The maximum atomic E-state index is 10.7. The molecule has 0 saturated heterocycles. The van der Waals surface area contributed by atoms with Crippen LogP contribution in [0.3, 0.4) is 0 Å². The number of anilines is 1. The van der Waals surface area contributed by atoms with Gasteiger partial charge in [-0.2, -0.15) is 11.3 Å². The van der Waals surface area contributed by atoms with Gasteiger partial charge in [0.25, 0.3) is 0 Å². The lowest BCUT2D eigenvalue weighted by molar-refractivity contribution is 0.177. The predicted octanol–water partition coefficient (Wildman–Crippen LogP) is 1.80. The zero-order valence-electron chi connectivity index (χ0n) is 6.87. The fourth-order valence-electron chi connectivity index (χ4n) is 0.642. The molecular weight excluding hydrogens is 208 g/mol. The molecule has 6 heteroatoms. The van der Waals surface area contributed by atoms with Crippen LogP contribution in [-0.2, 0) is 4.74 Å². The number of methoxy groups -OCH3 is 1. The lowest BCUT2D eigenvalue weighted by atomic mass is 10.5. The van der Waals surface area contributed by atoms with E-state index in [4.69, 9.17) is 12.2 Å². The number of ether oxygens (including phenoxy) is 1. The molecule has 0 aromatic carbocycles. The van der Waals surface area contributed by atoms with Crippen molar-refractivity contribution >= 4 is 40.4 Å². The van der Waals surface area contributed by atoms with Crippen molar-refractivity contribution in [1.82, 2.24) is 5.32 Å². The highest BCUT2D eigenvalue weighted by atomic mass is 32.1. The fourth-order valence-corrected chi connectivity index (χ4v) is 1.43. The molecule has 0 spiro atoms. The van der Waals surface area contributed by atoms with Gasteiger partial charge in [-0.25, -0.2) is 4.79 Å². The zero-order chi connectivity index (χ0) is 9.68. The molecule has 1 aromatic rings. The number of hydrogen-bond acceptors (Lipinski definition) is 4. The maximum Gasteiger partial charge on any atom is 0.413 e. The molecule has 0 unspecified atom stereocenters. The van der Waals surface area contributed by atoms with Gasteiger partial charge in [-0.1, -0.05) is 0 Å². The smallest absolute Gasteiger partial charge is 0.413 e. The van der Waals surface area contributed by atoms with Crippen molar-refractivity contribution in [3.05, 3.63) is 16.8 Å². The number of rotatable bonds is 1. The van der Waals surface area contributed by atoms with E-state index < -0.39 is 6.09 Å². The molecule has 2 N–H and O–H groups in total. The molecule has 0 saturated carbocycles. The van der Waals surface area contributed by atoms with Gasteiger partial charge in [0.1, 0.15) is 0 Å². The molecule has 1 aromatic heterocycles. The minimum atomic E-state index is -0.576. The summed E-state index contributed by atoms with van der Waals surface area (Å²) in [6.07, 6.45) is -0.576. The van der Waals surface area contributed by atoms with Gasteiger partial charge in [0.2, 0.25) is 0 Å². The van der Waals surface area contributed by atoms with Crippen molar-refractivity contribution in [1.29, 1.82) is 0 Å². The minimum Gasteiger partial charge on any atom is -0.453 e. The van der Waals surface area contributed by atoms with E-state index in [1.807, 2.05) is 16.8 Å². The van der Waals surface area contributed by atoms with Crippen molar-refractivity contribution in [2.75, 3.05) is 12.4 Å². The number of nitrogens with one attached hydrogen (secondary N) is 2. The highest BCUT2D eigenvalue weighted by Gasteiger charge is 2.02. The Hall–Kier alpha value is -1.14. The van der Waals surface area contributed by atoms with Crippen LogP contribution in [0.15, 0.2) is 16.8 Å². The van der Waals surface area contributed by atoms with E-state index in [0.717, 1.165) is 5.69 Å². The summed E-state index contributed by atoms with van der Waals surface area (Å²) in [4.78, 5) is 10.7. The number of thiocarbonyl (C=S) groups is 1. The number of carbonyl (C=O) groups is 1. The molecule has 0 bridgehead atoms. The van der Waals surface area contributed by atoms with Gasteiger partial charge in [0, 0.05) is 5.38 Å². The highest BCUT2D eigenvalue weighted by Crippen LogP contribution is 2.11. The van der Waals surface area contributed by atoms with Crippen LogP contribution in [0.4, 0.5) is 10.5 Å². The van der Waals surface area contributed by atoms with Crippen LogP contribution in [0.5, 0.6) is 0 Å². The SMILES string of the molecule is COC(=O)NC(=S)Nc1ccsc1. The Kier molecular flexibility index (Phi) is 3.66. The minimum absolute atomic E-state index is 0.227. The van der Waals surface area contributed by atoms with Gasteiger partial charge < -0.3 is 10.1 Å². The van der Waals surface area contributed by atoms with Crippen LogP contribution in [-0.4, -0.2) is 18.3 Å². The van der Waals surface area contributed by atoms with Crippen molar-refractivity contribution in [2.24, 2.45) is 0 Å². The second-order valence-corrected chi connectivity index (χ2v) is 3.27. The average molecular weight is 216 g/mol. The first kappa shape index (κ1) is 9.94. The van der Waals surface area contributed by atoms with Gasteiger partial charge >= 0.3 is 6.09 Å². The summed E-state index contributed by atoms with van der Waals surface area (Å²) in [5.41, 5.74) is 0.853. The molecule has 0 aliphatic rings. The first-order chi connectivity index (χ1) is 6.22. The van der Waals surface area contributed by atoms with Crippen LogP contribution in [0.1, 0.15) is 0 Å². The summed E-state index contributed by atoms with van der Waals surface area (Å²) in [5, 5.41) is 9.16. The van der Waals surface area contributed by atoms with E-state index in [1.165, 1.54) is 7.11 Å². The third-order valence-corrected chi connectivity index (χ3v) is 2.07. The van der Waals surface area contributed by atoms with Crippen molar-refractivity contribution in [2.45, 2.75) is 0 Å². The van der Waals surface area contributed by atoms with Gasteiger partial charge in [-0.3, -0.25) is 5.32 Å². The first-order valence-electron chi connectivity index (χ1n) is 3.40. The van der Waals surface area contributed by atoms with Gasteiger partial charge in [0.15, 0.2) is 5.11 Å². The molecule has 1 rings (SSSR count). The van der Waals surface area contributed by atoms with E-state index in [2.05, 4.69) is 15.4 Å². The Bertz CT molecular complexity index is 297. The summed E-state index contributed by atoms with van der Waals surface area (Å²) in [7, 11) is 1.28. The van der Waals surface area contributed by atoms with Crippen LogP contribution < -0.4 is 10.6 Å². The van der Waals surface area contributed by atoms with E-state index >= 15 is 0 Å².